The summed E-state index contributed by atoms with van der Waals surface area (Å²) in [6.07, 6.45) is 0. The third kappa shape index (κ3) is 5.31. The van der Waals surface area contributed by atoms with E-state index in [2.05, 4.69) is 20.8 Å². The number of halogens is 1. The van der Waals surface area contributed by atoms with Crippen molar-refractivity contribution < 1.29 is 9.59 Å². The van der Waals surface area contributed by atoms with Gasteiger partial charge in [0.15, 0.2) is 4.34 Å². The van der Waals surface area contributed by atoms with Gasteiger partial charge in [-0.25, -0.2) is 0 Å². The summed E-state index contributed by atoms with van der Waals surface area (Å²) in [5.41, 5.74) is 3.44. The van der Waals surface area contributed by atoms with Gasteiger partial charge in [0.05, 0.1) is 5.75 Å². The number of anilines is 2. The minimum absolute atomic E-state index is 0.124. The van der Waals surface area contributed by atoms with Crippen LogP contribution in [-0.4, -0.2) is 27.8 Å². The zero-order valence-electron chi connectivity index (χ0n) is 15.2. The monoisotopic (exact) mass is 432 g/mol. The number of nitrogens with one attached hydrogen (secondary N) is 2. The van der Waals surface area contributed by atoms with E-state index in [9.17, 15) is 9.59 Å². The Balaban J connectivity index is 1.53. The van der Waals surface area contributed by atoms with Crippen LogP contribution in [-0.2, 0) is 4.79 Å². The highest BCUT2D eigenvalue weighted by Gasteiger charge is 2.12. The van der Waals surface area contributed by atoms with Crippen LogP contribution in [0.25, 0.3) is 0 Å². The molecule has 3 aromatic rings. The second kappa shape index (κ2) is 9.18. The third-order valence-corrected chi connectivity index (χ3v) is 6.16. The normalized spacial score (nSPS) is 10.5. The smallest absolute Gasteiger partial charge is 0.257 e. The van der Waals surface area contributed by atoms with Crippen molar-refractivity contribution in [3.63, 3.8) is 0 Å². The van der Waals surface area contributed by atoms with E-state index in [1.54, 1.807) is 24.3 Å². The van der Waals surface area contributed by atoms with Crippen molar-refractivity contribution in [3.8, 4) is 0 Å². The maximum absolute atomic E-state index is 12.2. The second-order valence-electron chi connectivity index (χ2n) is 5.92. The maximum atomic E-state index is 12.2. The lowest BCUT2D eigenvalue weighted by Crippen LogP contribution is -2.15. The lowest BCUT2D eigenvalue weighted by molar-refractivity contribution is -0.113. The first kappa shape index (κ1) is 20.3. The molecule has 0 saturated heterocycles. The molecule has 1 aromatic heterocycles. The van der Waals surface area contributed by atoms with Crippen LogP contribution in [0.1, 0.15) is 21.5 Å². The zero-order chi connectivity index (χ0) is 20.1. The number of rotatable bonds is 6. The van der Waals surface area contributed by atoms with Crippen molar-refractivity contribution in [1.29, 1.82) is 0 Å². The molecule has 3 rings (SSSR count). The fourth-order valence-corrected chi connectivity index (χ4v) is 3.96. The fraction of sp³-hybridized carbons (Fsp3) is 0.158. The molecule has 0 saturated carbocycles. The van der Waals surface area contributed by atoms with Crippen LogP contribution in [0.5, 0.6) is 0 Å². The van der Waals surface area contributed by atoms with Gasteiger partial charge in [0, 0.05) is 16.3 Å². The van der Waals surface area contributed by atoms with E-state index in [1.807, 2.05) is 32.0 Å². The third-order valence-electron chi connectivity index (χ3n) is 3.94. The van der Waals surface area contributed by atoms with Gasteiger partial charge in [-0.1, -0.05) is 46.8 Å². The Labute approximate surface area is 175 Å². The molecule has 1 heterocycles. The van der Waals surface area contributed by atoms with Crippen LogP contribution in [0, 0.1) is 13.8 Å². The summed E-state index contributed by atoms with van der Waals surface area (Å²) in [4.78, 5) is 24.4. The Kier molecular flexibility index (Phi) is 6.66. The van der Waals surface area contributed by atoms with Gasteiger partial charge in [-0.3, -0.25) is 14.9 Å². The number of aromatic nitrogens is 2. The summed E-state index contributed by atoms with van der Waals surface area (Å²) in [5.74, 6) is -0.217. The largest absolute Gasteiger partial charge is 0.325 e. The molecular weight excluding hydrogens is 416 g/mol. The van der Waals surface area contributed by atoms with E-state index < -0.39 is 0 Å². The van der Waals surface area contributed by atoms with Crippen molar-refractivity contribution in [2.75, 3.05) is 16.4 Å². The van der Waals surface area contributed by atoms with Crippen molar-refractivity contribution in [2.24, 2.45) is 0 Å². The Bertz CT molecular complexity index is 1010. The first-order valence-corrected chi connectivity index (χ1v) is 10.5. The van der Waals surface area contributed by atoms with Crippen LogP contribution in [0.2, 0.25) is 5.02 Å². The summed E-state index contributed by atoms with van der Waals surface area (Å²) in [7, 11) is 0. The Morgan fingerprint density at radius 1 is 1.07 bits per heavy atom. The van der Waals surface area contributed by atoms with Crippen LogP contribution in [0.4, 0.5) is 10.8 Å². The Morgan fingerprint density at radius 2 is 1.82 bits per heavy atom. The molecule has 6 nitrogen and oxygen atoms in total. The van der Waals surface area contributed by atoms with E-state index in [0.29, 0.717) is 20.1 Å². The van der Waals surface area contributed by atoms with Gasteiger partial charge in [-0.05, 0) is 55.3 Å². The molecule has 0 radical (unpaired) electrons. The van der Waals surface area contributed by atoms with Crippen LogP contribution < -0.4 is 10.6 Å². The fourth-order valence-electron chi connectivity index (χ4n) is 2.29. The molecule has 0 aliphatic heterocycles. The summed E-state index contributed by atoms with van der Waals surface area (Å²) in [6.45, 7) is 3.97. The molecule has 0 fully saturated rings. The number of carbonyl (C=O) groups excluding carboxylic acids is 2. The van der Waals surface area contributed by atoms with Gasteiger partial charge in [-0.15, -0.1) is 10.2 Å². The molecule has 0 atom stereocenters. The highest BCUT2D eigenvalue weighted by molar-refractivity contribution is 8.01. The number of hydrogen-bond donors (Lipinski definition) is 2. The van der Waals surface area contributed by atoms with Gasteiger partial charge in [-0.2, -0.15) is 0 Å². The average molecular weight is 433 g/mol. The SMILES string of the molecule is Cc1cccc(NC(=O)CSc2nnc(NC(=O)c3ccc(Cl)cc3)s2)c1C. The average Bonchev–Trinajstić information content (AvgIpc) is 3.11. The van der Waals surface area contributed by atoms with E-state index in [-0.39, 0.29) is 17.6 Å². The summed E-state index contributed by atoms with van der Waals surface area (Å²) < 4.78 is 0.600. The van der Waals surface area contributed by atoms with Gasteiger partial charge < -0.3 is 5.32 Å². The summed E-state index contributed by atoms with van der Waals surface area (Å²) in [6, 6.07) is 12.3. The molecule has 0 spiro atoms. The molecule has 28 heavy (non-hydrogen) atoms. The Morgan fingerprint density at radius 3 is 2.57 bits per heavy atom. The highest BCUT2D eigenvalue weighted by Crippen LogP contribution is 2.26. The number of nitrogens with zero attached hydrogens (tertiary/aromatic N) is 2. The van der Waals surface area contributed by atoms with Crippen LogP contribution >= 0.6 is 34.7 Å². The molecule has 2 N–H and O–H groups in total. The standard InChI is InChI=1S/C19H17ClN4O2S2/c1-11-4-3-5-15(12(11)2)21-16(25)10-27-19-24-23-18(28-19)22-17(26)13-6-8-14(20)9-7-13/h3-9H,10H2,1-2H3,(H,21,25)(H,22,23,26). The Hall–Kier alpha value is -2.42. The molecule has 9 heteroatoms. The quantitative estimate of drug-likeness (QED) is 0.432. The number of amides is 2. The minimum atomic E-state index is -0.294. The first-order chi connectivity index (χ1) is 13.4. The number of benzene rings is 2. The van der Waals surface area contributed by atoms with Crippen LogP contribution in [0.15, 0.2) is 46.8 Å². The molecule has 2 aromatic carbocycles. The summed E-state index contributed by atoms with van der Waals surface area (Å²) >= 11 is 8.30. The van der Waals surface area contributed by atoms with Crippen molar-refractivity contribution in [1.82, 2.24) is 10.2 Å². The van der Waals surface area contributed by atoms with Crippen molar-refractivity contribution >= 4 is 57.3 Å². The molecule has 0 aliphatic rings. The van der Waals surface area contributed by atoms with Gasteiger partial charge in [0.2, 0.25) is 11.0 Å². The molecular formula is C19H17ClN4O2S2. The molecule has 144 valence electrons. The minimum Gasteiger partial charge on any atom is -0.325 e. The number of hydrogen-bond acceptors (Lipinski definition) is 6. The number of carbonyl (C=O) groups is 2. The van der Waals surface area contributed by atoms with Gasteiger partial charge in [0.25, 0.3) is 5.91 Å². The zero-order valence-corrected chi connectivity index (χ0v) is 17.5. The van der Waals surface area contributed by atoms with E-state index in [0.717, 1.165) is 16.8 Å². The maximum Gasteiger partial charge on any atom is 0.257 e. The lowest BCUT2D eigenvalue weighted by Gasteiger charge is -2.09. The summed E-state index contributed by atoms with van der Waals surface area (Å²) in [5, 5.41) is 14.5. The first-order valence-electron chi connectivity index (χ1n) is 8.31. The van der Waals surface area contributed by atoms with Gasteiger partial charge >= 0.3 is 0 Å². The lowest BCUT2D eigenvalue weighted by atomic mass is 10.1. The van der Waals surface area contributed by atoms with E-state index >= 15 is 0 Å². The predicted molar refractivity (Wildman–Crippen MR) is 115 cm³/mol. The number of aryl methyl sites for hydroxylation is 1. The van der Waals surface area contributed by atoms with E-state index in [1.165, 1.54) is 23.1 Å². The number of thioether (sulfide) groups is 1. The van der Waals surface area contributed by atoms with E-state index in [4.69, 9.17) is 11.6 Å². The topological polar surface area (TPSA) is 84.0 Å². The second-order valence-corrected chi connectivity index (χ2v) is 8.55. The predicted octanol–water partition coefficient (Wildman–Crippen LogP) is 4.79. The molecule has 2 amide bonds. The van der Waals surface area contributed by atoms with Crippen molar-refractivity contribution in [2.45, 2.75) is 18.2 Å². The molecule has 0 unspecified atom stereocenters. The van der Waals surface area contributed by atoms with Crippen molar-refractivity contribution in [3.05, 3.63) is 64.2 Å². The van der Waals surface area contributed by atoms with Crippen LogP contribution in [0.3, 0.4) is 0 Å². The molecule has 0 bridgehead atoms. The highest BCUT2D eigenvalue weighted by atomic mass is 35.5. The van der Waals surface area contributed by atoms with Gasteiger partial charge in [0.1, 0.15) is 0 Å². The molecule has 0 aliphatic carbocycles.